The van der Waals surface area contributed by atoms with Crippen molar-refractivity contribution in [3.05, 3.63) is 0 Å². The number of rotatable bonds is 5. The summed E-state index contributed by atoms with van der Waals surface area (Å²) in [6, 6.07) is 0. The normalized spacial score (nSPS) is 33.4. The highest BCUT2D eigenvalue weighted by Crippen LogP contribution is 2.39. The van der Waals surface area contributed by atoms with Gasteiger partial charge in [0, 0.05) is 6.16 Å². The second-order valence-electron chi connectivity index (χ2n) is 7.44. The minimum absolute atomic E-state index is 0.230. The third-order valence-corrected chi connectivity index (χ3v) is 6.28. The third-order valence-electron chi connectivity index (χ3n) is 3.93. The van der Waals surface area contributed by atoms with Gasteiger partial charge in [0.25, 0.3) is 0 Å². The van der Waals surface area contributed by atoms with Crippen LogP contribution >= 0.6 is 7.14 Å². The van der Waals surface area contributed by atoms with Crippen molar-refractivity contribution in [2.45, 2.75) is 52.1 Å². The fraction of sp³-hybridized carbons (Fsp3) is 1.00. The molecule has 0 aromatic carbocycles. The second-order valence-corrected chi connectivity index (χ2v) is 15.5. The first-order valence-corrected chi connectivity index (χ1v) is 13.5. The van der Waals surface area contributed by atoms with Gasteiger partial charge in [-0.15, -0.1) is 0 Å². The van der Waals surface area contributed by atoms with E-state index in [1.165, 1.54) is 0 Å². The molecule has 5 heteroatoms. The van der Waals surface area contributed by atoms with Gasteiger partial charge in [-0.2, -0.15) is 0 Å². The summed E-state index contributed by atoms with van der Waals surface area (Å²) in [5.41, 5.74) is 0. The van der Waals surface area contributed by atoms with Gasteiger partial charge in [-0.25, -0.2) is 0 Å². The minimum Gasteiger partial charge on any atom is -0.412 e. The number of hydrogen-bond donors (Lipinski definition) is 0. The van der Waals surface area contributed by atoms with Crippen LogP contribution in [0, 0.1) is 11.8 Å². The fourth-order valence-corrected chi connectivity index (χ4v) is 4.65. The Morgan fingerprint density at radius 1 is 1.21 bits per heavy atom. The van der Waals surface area contributed by atoms with Gasteiger partial charge >= 0.3 is 0 Å². The van der Waals surface area contributed by atoms with E-state index in [1.807, 2.05) is 13.3 Å². The van der Waals surface area contributed by atoms with Crippen LogP contribution in [0.25, 0.3) is 0 Å². The third kappa shape index (κ3) is 6.11. The molecule has 0 N–H and O–H groups in total. The summed E-state index contributed by atoms with van der Waals surface area (Å²) < 4.78 is 24.0. The van der Waals surface area contributed by atoms with Gasteiger partial charge in [-0.3, -0.25) is 0 Å². The lowest BCUT2D eigenvalue weighted by atomic mass is 9.83. The highest BCUT2D eigenvalue weighted by molar-refractivity contribution is 7.62. The Balaban J connectivity index is 2.54. The van der Waals surface area contributed by atoms with Crippen LogP contribution in [0.15, 0.2) is 0 Å². The summed E-state index contributed by atoms with van der Waals surface area (Å²) in [6.45, 7) is 15.6. The van der Waals surface area contributed by atoms with E-state index in [-0.39, 0.29) is 12.2 Å². The van der Waals surface area contributed by atoms with Gasteiger partial charge in [-0.1, -0.05) is 13.8 Å². The van der Waals surface area contributed by atoms with Crippen LogP contribution in [0.1, 0.15) is 20.3 Å². The lowest BCUT2D eigenvalue weighted by Gasteiger charge is -2.42. The first-order chi connectivity index (χ1) is 8.49. The van der Waals surface area contributed by atoms with Crippen molar-refractivity contribution in [2.24, 2.45) is 11.8 Å². The van der Waals surface area contributed by atoms with E-state index in [4.69, 9.17) is 9.16 Å². The molecule has 0 saturated carbocycles. The predicted molar refractivity (Wildman–Crippen MR) is 85.2 cm³/mol. The maximum absolute atomic E-state index is 11.8. The van der Waals surface area contributed by atoms with Crippen LogP contribution in [-0.4, -0.2) is 46.6 Å². The first-order valence-electron chi connectivity index (χ1n) is 7.33. The summed E-state index contributed by atoms with van der Waals surface area (Å²) in [7, 11) is -3.44. The molecule has 1 aliphatic rings. The molecule has 0 aromatic rings. The molecule has 1 heterocycles. The predicted octanol–water partition coefficient (Wildman–Crippen LogP) is 3.89. The maximum atomic E-state index is 11.8. The van der Waals surface area contributed by atoms with Crippen molar-refractivity contribution in [1.82, 2.24) is 0 Å². The van der Waals surface area contributed by atoms with Crippen LogP contribution in [0.2, 0.25) is 19.6 Å². The minimum atomic E-state index is -1.93. The lowest BCUT2D eigenvalue weighted by Crippen LogP contribution is -2.48. The molecular formula is C14H31O3PSi. The van der Waals surface area contributed by atoms with Crippen LogP contribution in [0.3, 0.4) is 0 Å². The highest BCUT2D eigenvalue weighted by Gasteiger charge is 2.37. The zero-order chi connectivity index (χ0) is 14.8. The van der Waals surface area contributed by atoms with Crippen LogP contribution in [0.4, 0.5) is 0 Å². The Kier molecular flexibility index (Phi) is 5.89. The summed E-state index contributed by atoms with van der Waals surface area (Å²) in [4.78, 5) is 0. The van der Waals surface area contributed by atoms with E-state index < -0.39 is 15.5 Å². The summed E-state index contributed by atoms with van der Waals surface area (Å²) >= 11 is 0. The summed E-state index contributed by atoms with van der Waals surface area (Å²) in [5, 5.41) is 0. The topological polar surface area (TPSA) is 35.5 Å². The molecule has 0 bridgehead atoms. The van der Waals surface area contributed by atoms with Gasteiger partial charge in [0.1, 0.15) is 0 Å². The van der Waals surface area contributed by atoms with Crippen molar-refractivity contribution in [3.8, 4) is 0 Å². The number of hydrogen-bond acceptors (Lipinski definition) is 3. The molecule has 114 valence electrons. The average Bonchev–Trinajstić information content (AvgIpc) is 2.21. The molecule has 0 aliphatic carbocycles. The Bertz CT molecular complexity index is 334. The standard InChI is InChI=1S/C14H31O3PSi/c1-11-12(2)14(17-19(5,6)7)10-16-13(11)8-9-18(3,4)15/h11-14H,8-10H2,1-7H3/t11-,12-,13?,14?/m0/s1. The molecule has 2 unspecified atom stereocenters. The Labute approximate surface area is 119 Å². The van der Waals surface area contributed by atoms with Crippen LogP contribution in [-0.2, 0) is 13.7 Å². The Hall–Kier alpha value is 0.367. The Morgan fingerprint density at radius 2 is 1.79 bits per heavy atom. The SMILES string of the molecule is C[C@@H]1C(CCP(C)(C)=O)OCC(O[Si](C)(C)C)[C@H]1C. The van der Waals surface area contributed by atoms with Gasteiger partial charge < -0.3 is 13.7 Å². The van der Waals surface area contributed by atoms with Crippen molar-refractivity contribution >= 4 is 15.5 Å². The molecule has 0 aromatic heterocycles. The van der Waals surface area contributed by atoms with Crippen molar-refractivity contribution in [1.29, 1.82) is 0 Å². The molecule has 1 saturated heterocycles. The fourth-order valence-electron chi connectivity index (χ4n) is 2.58. The molecular weight excluding hydrogens is 275 g/mol. The van der Waals surface area contributed by atoms with Crippen LogP contribution in [0.5, 0.6) is 0 Å². The summed E-state index contributed by atoms with van der Waals surface area (Å²) in [6.07, 6.45) is 2.17. The van der Waals surface area contributed by atoms with Crippen molar-refractivity contribution in [3.63, 3.8) is 0 Å². The van der Waals surface area contributed by atoms with Gasteiger partial charge in [0.05, 0.1) is 26.0 Å². The molecule has 0 amide bonds. The van der Waals surface area contributed by atoms with Crippen molar-refractivity contribution in [2.75, 3.05) is 26.1 Å². The molecule has 1 fully saturated rings. The van der Waals surface area contributed by atoms with E-state index >= 15 is 0 Å². The molecule has 4 atom stereocenters. The zero-order valence-electron chi connectivity index (χ0n) is 13.6. The molecule has 1 aliphatic heterocycles. The van der Waals surface area contributed by atoms with Gasteiger partial charge in [0.2, 0.25) is 0 Å². The molecule has 1 rings (SSSR count). The van der Waals surface area contributed by atoms with E-state index in [0.29, 0.717) is 18.4 Å². The number of ether oxygens (including phenoxy) is 1. The summed E-state index contributed by atoms with van der Waals surface area (Å²) in [5.74, 6) is 0.986. The zero-order valence-corrected chi connectivity index (χ0v) is 15.5. The maximum Gasteiger partial charge on any atom is 0.184 e. The average molecular weight is 306 g/mol. The second kappa shape index (κ2) is 6.42. The molecule has 19 heavy (non-hydrogen) atoms. The quantitative estimate of drug-likeness (QED) is 0.571. The molecule has 3 nitrogen and oxygen atoms in total. The first kappa shape index (κ1) is 17.4. The molecule has 0 radical (unpaired) electrons. The Morgan fingerprint density at radius 3 is 2.26 bits per heavy atom. The smallest absolute Gasteiger partial charge is 0.184 e. The van der Waals surface area contributed by atoms with E-state index in [1.54, 1.807) is 0 Å². The van der Waals surface area contributed by atoms with E-state index in [9.17, 15) is 4.57 Å². The van der Waals surface area contributed by atoms with E-state index in [2.05, 4.69) is 33.5 Å². The lowest BCUT2D eigenvalue weighted by molar-refractivity contribution is -0.110. The van der Waals surface area contributed by atoms with Crippen LogP contribution < -0.4 is 0 Å². The molecule has 0 spiro atoms. The monoisotopic (exact) mass is 306 g/mol. The van der Waals surface area contributed by atoms with E-state index in [0.717, 1.165) is 12.6 Å². The largest absolute Gasteiger partial charge is 0.412 e. The van der Waals surface area contributed by atoms with Gasteiger partial charge in [-0.05, 0) is 51.2 Å². The van der Waals surface area contributed by atoms with Gasteiger partial charge in [0.15, 0.2) is 8.32 Å². The highest BCUT2D eigenvalue weighted by atomic mass is 31.2. The van der Waals surface area contributed by atoms with Crippen molar-refractivity contribution < 1.29 is 13.7 Å².